The van der Waals surface area contributed by atoms with E-state index in [0.717, 1.165) is 63.6 Å². The zero-order valence-electron chi connectivity index (χ0n) is 18.8. The topological polar surface area (TPSA) is 92.3 Å². The lowest BCUT2D eigenvalue weighted by Crippen LogP contribution is -2.47. The van der Waals surface area contributed by atoms with Crippen LogP contribution in [0.4, 0.5) is 0 Å². The van der Waals surface area contributed by atoms with Crippen LogP contribution in [0, 0.1) is 6.92 Å². The molecule has 0 aromatic heterocycles. The van der Waals surface area contributed by atoms with Crippen LogP contribution in [0.3, 0.4) is 0 Å². The molecular weight excluding hydrogens is 531 g/mol. The summed E-state index contributed by atoms with van der Waals surface area (Å²) in [5.41, 5.74) is 1.03. The van der Waals surface area contributed by atoms with Crippen molar-refractivity contribution in [3.8, 4) is 0 Å². The third-order valence-electron chi connectivity index (χ3n) is 4.92. The molecule has 0 aliphatic carbocycles. The van der Waals surface area contributed by atoms with Crippen molar-refractivity contribution in [2.45, 2.75) is 44.1 Å². The number of hydrogen-bond acceptors (Lipinski definition) is 5. The number of sulfonamides is 1. The summed E-state index contributed by atoms with van der Waals surface area (Å²) in [5.74, 6) is 0.824. The predicted molar refractivity (Wildman–Crippen MR) is 135 cm³/mol. The molecule has 10 heteroatoms. The van der Waals surface area contributed by atoms with Crippen LogP contribution in [0.1, 0.15) is 31.7 Å². The Morgan fingerprint density at radius 1 is 1.19 bits per heavy atom. The minimum Gasteiger partial charge on any atom is -0.385 e. The maximum Gasteiger partial charge on any atom is 0.240 e. The van der Waals surface area contributed by atoms with E-state index in [1.165, 1.54) is 0 Å². The van der Waals surface area contributed by atoms with Crippen LogP contribution in [0.25, 0.3) is 0 Å². The summed E-state index contributed by atoms with van der Waals surface area (Å²) in [7, 11) is -1.81. The molecule has 2 rings (SSSR count). The average molecular weight is 569 g/mol. The Labute approximate surface area is 204 Å². The second-order valence-corrected chi connectivity index (χ2v) is 9.12. The van der Waals surface area contributed by atoms with E-state index in [1.807, 2.05) is 13.8 Å². The summed E-state index contributed by atoms with van der Waals surface area (Å²) >= 11 is 0. The molecule has 0 bridgehead atoms. The first-order chi connectivity index (χ1) is 14.5. The van der Waals surface area contributed by atoms with E-state index in [2.05, 4.69) is 19.9 Å². The number of nitrogens with one attached hydrogen (secondary N) is 2. The van der Waals surface area contributed by atoms with E-state index in [1.54, 1.807) is 31.4 Å². The normalized spacial score (nSPS) is 15.6. The number of halogens is 1. The lowest BCUT2D eigenvalue weighted by molar-refractivity contribution is 0.00991. The maximum atomic E-state index is 12.4. The molecule has 0 amide bonds. The van der Waals surface area contributed by atoms with Crippen molar-refractivity contribution in [1.29, 1.82) is 0 Å². The SMILES string of the molecule is CCNC(=NCCNS(=O)(=O)c1ccc(C)cc1)N1CCC(OCCCOC)CC1.I. The minimum absolute atomic E-state index is 0. The van der Waals surface area contributed by atoms with Gasteiger partial charge in [0.1, 0.15) is 0 Å². The smallest absolute Gasteiger partial charge is 0.240 e. The molecule has 1 aliphatic heterocycles. The van der Waals surface area contributed by atoms with Gasteiger partial charge in [0, 0.05) is 46.5 Å². The number of nitrogens with zero attached hydrogens (tertiary/aromatic N) is 2. The van der Waals surface area contributed by atoms with Crippen molar-refractivity contribution in [1.82, 2.24) is 14.9 Å². The van der Waals surface area contributed by atoms with Gasteiger partial charge in [0.25, 0.3) is 0 Å². The molecule has 2 N–H and O–H groups in total. The molecule has 1 aromatic rings. The number of ether oxygens (including phenoxy) is 2. The molecule has 0 spiro atoms. The molecule has 1 fully saturated rings. The number of likely N-dealkylation sites (tertiary alicyclic amines) is 1. The fourth-order valence-electron chi connectivity index (χ4n) is 3.26. The van der Waals surface area contributed by atoms with Crippen molar-refractivity contribution < 1.29 is 17.9 Å². The molecule has 1 heterocycles. The zero-order valence-corrected chi connectivity index (χ0v) is 21.9. The Balaban J connectivity index is 0.00000480. The molecule has 0 radical (unpaired) electrons. The number of aliphatic imine (C=N–C) groups is 1. The van der Waals surface area contributed by atoms with Crippen LogP contribution >= 0.6 is 24.0 Å². The standard InChI is InChI=1S/C21H36N4O4S.HI/c1-4-22-21(25-14-10-19(11-15-25)29-17-5-16-28-3)23-12-13-24-30(26,27)20-8-6-18(2)7-9-20;/h6-9,19,24H,4-5,10-17H2,1-3H3,(H,22,23);1H. The molecule has 31 heavy (non-hydrogen) atoms. The highest BCUT2D eigenvalue weighted by molar-refractivity contribution is 14.0. The number of hydrogen-bond donors (Lipinski definition) is 2. The van der Waals surface area contributed by atoms with Crippen molar-refractivity contribution in [3.05, 3.63) is 29.8 Å². The summed E-state index contributed by atoms with van der Waals surface area (Å²) < 4.78 is 38.3. The highest BCUT2D eigenvalue weighted by Gasteiger charge is 2.22. The van der Waals surface area contributed by atoms with Gasteiger partial charge in [-0.25, -0.2) is 13.1 Å². The fraction of sp³-hybridized carbons (Fsp3) is 0.667. The second-order valence-electron chi connectivity index (χ2n) is 7.35. The van der Waals surface area contributed by atoms with Crippen molar-refractivity contribution in [2.75, 3.05) is 53.0 Å². The van der Waals surface area contributed by atoms with E-state index in [4.69, 9.17) is 9.47 Å². The van der Waals surface area contributed by atoms with Gasteiger partial charge in [0.15, 0.2) is 5.96 Å². The molecule has 1 aliphatic rings. The average Bonchev–Trinajstić information content (AvgIpc) is 2.74. The van der Waals surface area contributed by atoms with E-state index in [0.29, 0.717) is 6.54 Å². The first-order valence-corrected chi connectivity index (χ1v) is 12.1. The number of benzene rings is 1. The Hall–Kier alpha value is -0.950. The van der Waals surface area contributed by atoms with Crippen LogP contribution in [-0.4, -0.2) is 78.4 Å². The first kappa shape index (κ1) is 28.1. The highest BCUT2D eigenvalue weighted by atomic mass is 127. The maximum absolute atomic E-state index is 12.4. The number of aryl methyl sites for hydroxylation is 1. The van der Waals surface area contributed by atoms with Crippen LogP contribution in [0.2, 0.25) is 0 Å². The molecule has 0 unspecified atom stereocenters. The van der Waals surface area contributed by atoms with Gasteiger partial charge in [0.2, 0.25) is 10.0 Å². The molecule has 1 saturated heterocycles. The van der Waals surface area contributed by atoms with Crippen LogP contribution in [-0.2, 0) is 19.5 Å². The zero-order chi connectivity index (χ0) is 21.8. The van der Waals surface area contributed by atoms with Crippen molar-refractivity contribution in [3.63, 3.8) is 0 Å². The number of rotatable bonds is 11. The summed E-state index contributed by atoms with van der Waals surface area (Å²) in [6.45, 7) is 8.55. The Morgan fingerprint density at radius 3 is 2.48 bits per heavy atom. The summed E-state index contributed by atoms with van der Waals surface area (Å²) in [4.78, 5) is 7.10. The van der Waals surface area contributed by atoms with Gasteiger partial charge >= 0.3 is 0 Å². The molecule has 0 atom stereocenters. The molecule has 8 nitrogen and oxygen atoms in total. The van der Waals surface area contributed by atoms with Gasteiger partial charge in [-0.2, -0.15) is 0 Å². The Morgan fingerprint density at radius 2 is 1.87 bits per heavy atom. The van der Waals surface area contributed by atoms with Crippen LogP contribution in [0.15, 0.2) is 34.2 Å². The van der Waals surface area contributed by atoms with E-state index < -0.39 is 10.0 Å². The predicted octanol–water partition coefficient (Wildman–Crippen LogP) is 2.37. The van der Waals surface area contributed by atoms with Gasteiger partial charge in [-0.1, -0.05) is 17.7 Å². The van der Waals surface area contributed by atoms with Gasteiger partial charge in [-0.15, -0.1) is 24.0 Å². The Kier molecular flexibility index (Phi) is 13.6. The monoisotopic (exact) mass is 568 g/mol. The third kappa shape index (κ3) is 10.0. The minimum atomic E-state index is -3.51. The lowest BCUT2D eigenvalue weighted by Gasteiger charge is -2.34. The first-order valence-electron chi connectivity index (χ1n) is 10.7. The Bertz CT molecular complexity index is 751. The third-order valence-corrected chi connectivity index (χ3v) is 6.40. The van der Waals surface area contributed by atoms with Crippen LogP contribution < -0.4 is 10.0 Å². The number of methoxy groups -OCH3 is 1. The van der Waals surface area contributed by atoms with E-state index in [-0.39, 0.29) is 41.5 Å². The number of piperidine rings is 1. The van der Waals surface area contributed by atoms with Gasteiger partial charge < -0.3 is 19.7 Å². The summed E-state index contributed by atoms with van der Waals surface area (Å²) in [6, 6.07) is 6.82. The van der Waals surface area contributed by atoms with E-state index in [9.17, 15) is 8.42 Å². The van der Waals surface area contributed by atoms with Crippen LogP contribution in [0.5, 0.6) is 0 Å². The second kappa shape index (κ2) is 15.0. The molecule has 0 saturated carbocycles. The molecule has 178 valence electrons. The van der Waals surface area contributed by atoms with Crippen molar-refractivity contribution in [2.24, 2.45) is 4.99 Å². The quantitative estimate of drug-likeness (QED) is 0.184. The van der Waals surface area contributed by atoms with Crippen molar-refractivity contribution >= 4 is 40.0 Å². The fourth-order valence-corrected chi connectivity index (χ4v) is 4.28. The highest BCUT2D eigenvalue weighted by Crippen LogP contribution is 2.14. The van der Waals surface area contributed by atoms with Gasteiger partial charge in [0.05, 0.1) is 17.5 Å². The molecule has 1 aromatic carbocycles. The van der Waals surface area contributed by atoms with Gasteiger partial charge in [-0.3, -0.25) is 4.99 Å². The van der Waals surface area contributed by atoms with Gasteiger partial charge in [-0.05, 0) is 45.2 Å². The summed E-state index contributed by atoms with van der Waals surface area (Å²) in [5, 5.41) is 3.30. The largest absolute Gasteiger partial charge is 0.385 e. The lowest BCUT2D eigenvalue weighted by atomic mass is 10.1. The summed E-state index contributed by atoms with van der Waals surface area (Å²) in [6.07, 6.45) is 3.11. The van der Waals surface area contributed by atoms with E-state index >= 15 is 0 Å². The molecular formula is C21H37IN4O4S. The number of guanidine groups is 1.